The first-order valence-electron chi connectivity index (χ1n) is 6.06. The molecule has 1 atom stereocenters. The summed E-state index contributed by atoms with van der Waals surface area (Å²) >= 11 is 3.49. The average molecular weight is 294 g/mol. The lowest BCUT2D eigenvalue weighted by Gasteiger charge is -2.18. The molecule has 1 aliphatic heterocycles. The fourth-order valence-corrected chi connectivity index (χ4v) is 2.98. The van der Waals surface area contributed by atoms with Crippen molar-refractivity contribution >= 4 is 21.4 Å². The van der Waals surface area contributed by atoms with E-state index in [2.05, 4.69) is 55.6 Å². The summed E-state index contributed by atoms with van der Waals surface area (Å²) in [4.78, 5) is 6.99. The normalized spacial score (nSPS) is 21.4. The van der Waals surface area contributed by atoms with E-state index >= 15 is 0 Å². The number of likely N-dealkylation sites (tertiary alicyclic amines) is 1. The molecule has 1 unspecified atom stereocenters. The Balaban J connectivity index is 1.90. The Hall–Kier alpha value is -0.870. The Labute approximate surface area is 110 Å². The molecule has 0 N–H and O–H groups in total. The molecule has 4 heteroatoms. The van der Waals surface area contributed by atoms with Crippen LogP contribution in [-0.4, -0.2) is 33.9 Å². The van der Waals surface area contributed by atoms with E-state index in [1.807, 2.05) is 6.20 Å². The van der Waals surface area contributed by atoms with Gasteiger partial charge in [0.2, 0.25) is 0 Å². The molecule has 0 amide bonds. The van der Waals surface area contributed by atoms with Crippen LogP contribution in [0.25, 0.3) is 5.52 Å². The first kappa shape index (κ1) is 11.2. The Morgan fingerprint density at radius 1 is 1.53 bits per heavy atom. The zero-order chi connectivity index (χ0) is 11.8. The highest BCUT2D eigenvalue weighted by atomic mass is 79.9. The third-order valence-electron chi connectivity index (χ3n) is 3.66. The van der Waals surface area contributed by atoms with Crippen molar-refractivity contribution in [1.82, 2.24) is 14.3 Å². The Morgan fingerprint density at radius 3 is 3.18 bits per heavy atom. The molecule has 90 valence electrons. The number of fused-ring (bicyclic) bond motifs is 1. The number of hydrogen-bond acceptors (Lipinski definition) is 2. The summed E-state index contributed by atoms with van der Waals surface area (Å²) in [6.07, 6.45) is 7.70. The minimum atomic E-state index is 0.657. The molecule has 0 aliphatic carbocycles. The minimum absolute atomic E-state index is 0.657. The average Bonchev–Trinajstić information content (AvgIpc) is 2.87. The molecule has 0 radical (unpaired) electrons. The van der Waals surface area contributed by atoms with Crippen LogP contribution in [0.1, 0.15) is 18.7 Å². The second-order valence-electron chi connectivity index (χ2n) is 4.80. The van der Waals surface area contributed by atoms with Gasteiger partial charge >= 0.3 is 0 Å². The van der Waals surface area contributed by atoms with E-state index in [4.69, 9.17) is 0 Å². The maximum Gasteiger partial charge on any atom is 0.114 e. The smallest absolute Gasteiger partial charge is 0.114 e. The van der Waals surface area contributed by atoms with Crippen LogP contribution in [0.5, 0.6) is 0 Å². The maximum absolute atomic E-state index is 4.55. The molecular weight excluding hydrogens is 278 g/mol. The van der Waals surface area contributed by atoms with E-state index in [0.29, 0.717) is 6.04 Å². The van der Waals surface area contributed by atoms with Crippen molar-refractivity contribution in [3.05, 3.63) is 34.8 Å². The number of imidazole rings is 1. The lowest BCUT2D eigenvalue weighted by molar-refractivity contribution is 0.305. The van der Waals surface area contributed by atoms with Crippen molar-refractivity contribution in [3.8, 4) is 0 Å². The monoisotopic (exact) mass is 293 g/mol. The van der Waals surface area contributed by atoms with Crippen molar-refractivity contribution < 1.29 is 0 Å². The molecule has 2 aromatic heterocycles. The number of hydrogen-bond donors (Lipinski definition) is 0. The first-order chi connectivity index (χ1) is 8.24. The summed E-state index contributed by atoms with van der Waals surface area (Å²) in [5, 5.41) is 0. The van der Waals surface area contributed by atoms with Gasteiger partial charge in [-0.25, -0.2) is 4.98 Å². The predicted octanol–water partition coefficient (Wildman–Crippen LogP) is 2.73. The molecule has 1 fully saturated rings. The topological polar surface area (TPSA) is 20.5 Å². The van der Waals surface area contributed by atoms with Crippen molar-refractivity contribution in [2.45, 2.75) is 25.3 Å². The second kappa shape index (κ2) is 4.42. The molecule has 1 saturated heterocycles. The summed E-state index contributed by atoms with van der Waals surface area (Å²) in [6, 6.07) is 4.83. The van der Waals surface area contributed by atoms with Crippen LogP contribution >= 0.6 is 15.9 Å². The molecule has 0 aromatic carbocycles. The Kier molecular flexibility index (Phi) is 2.92. The molecule has 0 spiro atoms. The third-order valence-corrected chi connectivity index (χ3v) is 4.15. The third kappa shape index (κ3) is 2.11. The van der Waals surface area contributed by atoms with Gasteiger partial charge in [0.05, 0.1) is 11.7 Å². The predicted molar refractivity (Wildman–Crippen MR) is 72.2 cm³/mol. The van der Waals surface area contributed by atoms with Crippen molar-refractivity contribution in [3.63, 3.8) is 0 Å². The molecule has 0 bridgehead atoms. The van der Waals surface area contributed by atoms with Gasteiger partial charge in [0.1, 0.15) is 5.82 Å². The zero-order valence-electron chi connectivity index (χ0n) is 9.93. The van der Waals surface area contributed by atoms with Gasteiger partial charge in [-0.2, -0.15) is 0 Å². The van der Waals surface area contributed by atoms with E-state index < -0.39 is 0 Å². The highest BCUT2D eigenvalue weighted by molar-refractivity contribution is 9.10. The van der Waals surface area contributed by atoms with Crippen LogP contribution in [0.2, 0.25) is 0 Å². The Morgan fingerprint density at radius 2 is 2.41 bits per heavy atom. The maximum atomic E-state index is 4.55. The van der Waals surface area contributed by atoms with Gasteiger partial charge in [0, 0.05) is 23.1 Å². The van der Waals surface area contributed by atoms with Crippen LogP contribution in [0, 0.1) is 0 Å². The summed E-state index contributed by atoms with van der Waals surface area (Å²) in [7, 11) is 2.21. The number of likely N-dealkylation sites (N-methyl/N-ethyl adjacent to an activating group) is 1. The lowest BCUT2D eigenvalue weighted by Crippen LogP contribution is -2.27. The molecule has 1 aliphatic rings. The van der Waals surface area contributed by atoms with Crippen molar-refractivity contribution in [2.75, 3.05) is 13.6 Å². The van der Waals surface area contributed by atoms with Crippen LogP contribution in [0.15, 0.2) is 29.0 Å². The molecule has 3 nitrogen and oxygen atoms in total. The second-order valence-corrected chi connectivity index (χ2v) is 5.71. The van der Waals surface area contributed by atoms with Gasteiger partial charge in [0.15, 0.2) is 0 Å². The molecule has 17 heavy (non-hydrogen) atoms. The first-order valence-corrected chi connectivity index (χ1v) is 6.85. The van der Waals surface area contributed by atoms with Gasteiger partial charge in [-0.05, 0) is 38.6 Å². The van der Waals surface area contributed by atoms with Gasteiger partial charge in [-0.3, -0.25) is 0 Å². The summed E-state index contributed by atoms with van der Waals surface area (Å²) in [6.45, 7) is 1.22. The van der Waals surface area contributed by atoms with Crippen molar-refractivity contribution in [2.24, 2.45) is 0 Å². The van der Waals surface area contributed by atoms with Crippen LogP contribution in [0.3, 0.4) is 0 Å². The zero-order valence-corrected chi connectivity index (χ0v) is 11.5. The fraction of sp³-hybridized carbons (Fsp3) is 0.462. The quantitative estimate of drug-likeness (QED) is 0.849. The highest BCUT2D eigenvalue weighted by Gasteiger charge is 2.22. The lowest BCUT2D eigenvalue weighted by atomic mass is 10.1. The van der Waals surface area contributed by atoms with Crippen LogP contribution in [0.4, 0.5) is 0 Å². The molecule has 0 saturated carbocycles. The van der Waals surface area contributed by atoms with Crippen LogP contribution < -0.4 is 0 Å². The Bertz CT molecular complexity index is 534. The number of rotatable bonds is 2. The van der Waals surface area contributed by atoms with Gasteiger partial charge in [-0.15, -0.1) is 0 Å². The summed E-state index contributed by atoms with van der Waals surface area (Å²) in [5.41, 5.74) is 1.16. The summed E-state index contributed by atoms with van der Waals surface area (Å²) < 4.78 is 3.30. The molecule has 3 rings (SSSR count). The van der Waals surface area contributed by atoms with Crippen LogP contribution in [-0.2, 0) is 6.42 Å². The van der Waals surface area contributed by atoms with Gasteiger partial charge in [-0.1, -0.05) is 15.9 Å². The standard InChI is InChI=1S/C13H16BrN3/c1-16-5-2-3-11(16)8-13-15-9-12-7-10(14)4-6-17(12)13/h4,6-7,9,11H,2-3,5,8H2,1H3. The number of pyridine rings is 1. The van der Waals surface area contributed by atoms with E-state index in [1.165, 1.54) is 25.2 Å². The molecular formula is C13H16BrN3. The van der Waals surface area contributed by atoms with Gasteiger partial charge < -0.3 is 9.30 Å². The molecule has 2 aromatic rings. The number of halogens is 1. The SMILES string of the molecule is CN1CCCC1Cc1ncc2cc(Br)ccn12. The highest BCUT2D eigenvalue weighted by Crippen LogP contribution is 2.20. The van der Waals surface area contributed by atoms with Gasteiger partial charge in [0.25, 0.3) is 0 Å². The molecule has 3 heterocycles. The van der Waals surface area contributed by atoms with E-state index in [1.54, 1.807) is 0 Å². The number of nitrogens with zero attached hydrogens (tertiary/aromatic N) is 3. The largest absolute Gasteiger partial charge is 0.304 e. The number of aromatic nitrogens is 2. The van der Waals surface area contributed by atoms with E-state index in [-0.39, 0.29) is 0 Å². The summed E-state index contributed by atoms with van der Waals surface area (Å²) in [5.74, 6) is 1.17. The fourth-order valence-electron chi connectivity index (χ4n) is 2.63. The minimum Gasteiger partial charge on any atom is -0.304 e. The van der Waals surface area contributed by atoms with E-state index in [9.17, 15) is 0 Å². The van der Waals surface area contributed by atoms with E-state index in [0.717, 1.165) is 16.4 Å². The van der Waals surface area contributed by atoms with Crippen molar-refractivity contribution in [1.29, 1.82) is 0 Å².